The van der Waals surface area contributed by atoms with Crippen LogP contribution in [0.5, 0.6) is 0 Å². The molecule has 4 nitrogen and oxygen atoms in total. The van der Waals surface area contributed by atoms with E-state index in [1.165, 1.54) is 0 Å². The molecule has 100 valence electrons. The number of hydrogen-bond donors (Lipinski definition) is 1. The molecule has 2 rings (SSSR count). The topological polar surface area (TPSA) is 46.9 Å². The third-order valence-electron chi connectivity index (χ3n) is 3.08. The van der Waals surface area contributed by atoms with E-state index in [2.05, 4.69) is 10.3 Å². The van der Waals surface area contributed by atoms with Crippen molar-refractivity contribution in [1.82, 2.24) is 14.9 Å². The maximum absolute atomic E-state index is 11.9. The molecule has 0 saturated heterocycles. The molecule has 0 unspecified atom stereocenters. The van der Waals surface area contributed by atoms with E-state index in [0.29, 0.717) is 6.54 Å². The average Bonchev–Trinajstić information content (AvgIpc) is 2.92. The van der Waals surface area contributed by atoms with Gasteiger partial charge in [0, 0.05) is 31.0 Å². The maximum Gasteiger partial charge on any atom is 0.251 e. The molecule has 19 heavy (non-hydrogen) atoms. The zero-order chi connectivity index (χ0) is 13.5. The first kappa shape index (κ1) is 13.3. The van der Waals surface area contributed by atoms with Crippen LogP contribution in [0.2, 0.25) is 0 Å². The Morgan fingerprint density at radius 3 is 2.89 bits per heavy atom. The molecule has 1 N–H and O–H groups in total. The second-order valence-corrected chi connectivity index (χ2v) is 4.58. The number of unbranched alkanes of at least 4 members (excludes halogenated alkanes) is 1. The Hall–Kier alpha value is -2.10. The van der Waals surface area contributed by atoms with Crippen LogP contribution in [-0.4, -0.2) is 22.0 Å². The number of amides is 1. The van der Waals surface area contributed by atoms with Gasteiger partial charge in [0.1, 0.15) is 0 Å². The van der Waals surface area contributed by atoms with Crippen molar-refractivity contribution in [3.05, 3.63) is 54.1 Å². The van der Waals surface area contributed by atoms with Crippen LogP contribution < -0.4 is 5.32 Å². The van der Waals surface area contributed by atoms with E-state index in [0.717, 1.165) is 30.5 Å². The summed E-state index contributed by atoms with van der Waals surface area (Å²) < 4.78 is 2.04. The van der Waals surface area contributed by atoms with Crippen LogP contribution in [0.3, 0.4) is 0 Å². The first-order chi connectivity index (χ1) is 9.27. The largest absolute Gasteiger partial charge is 0.352 e. The third kappa shape index (κ3) is 3.95. The van der Waals surface area contributed by atoms with Gasteiger partial charge in [0.25, 0.3) is 5.91 Å². The highest BCUT2D eigenvalue weighted by atomic mass is 16.1. The van der Waals surface area contributed by atoms with Gasteiger partial charge in [0.15, 0.2) is 0 Å². The van der Waals surface area contributed by atoms with Crippen LogP contribution >= 0.6 is 0 Å². The van der Waals surface area contributed by atoms with Crippen LogP contribution in [0.25, 0.3) is 0 Å². The van der Waals surface area contributed by atoms with Crippen molar-refractivity contribution >= 4 is 5.91 Å². The number of nitrogens with one attached hydrogen (secondary N) is 1. The fraction of sp³-hybridized carbons (Fsp3) is 0.333. The Morgan fingerprint density at radius 1 is 1.32 bits per heavy atom. The van der Waals surface area contributed by atoms with Gasteiger partial charge in [-0.05, 0) is 31.4 Å². The lowest BCUT2D eigenvalue weighted by molar-refractivity contribution is 0.0952. The number of carbonyl (C=O) groups is 1. The summed E-state index contributed by atoms with van der Waals surface area (Å²) in [6.45, 7) is 3.61. The highest BCUT2D eigenvalue weighted by Crippen LogP contribution is 2.06. The minimum absolute atomic E-state index is 0.0146. The number of nitrogens with zero attached hydrogens (tertiary/aromatic N) is 2. The van der Waals surface area contributed by atoms with Crippen LogP contribution in [0.4, 0.5) is 0 Å². The van der Waals surface area contributed by atoms with E-state index < -0.39 is 0 Å². The van der Waals surface area contributed by atoms with Crippen molar-refractivity contribution in [2.24, 2.45) is 0 Å². The molecule has 1 amide bonds. The lowest BCUT2D eigenvalue weighted by atomic mass is 10.1. The number of hydrogen-bond acceptors (Lipinski definition) is 2. The van der Waals surface area contributed by atoms with Gasteiger partial charge in [-0.2, -0.15) is 0 Å². The Balaban J connectivity index is 1.68. The number of imidazole rings is 1. The number of benzene rings is 1. The highest BCUT2D eigenvalue weighted by molar-refractivity contribution is 5.95. The zero-order valence-electron chi connectivity index (χ0n) is 11.2. The molecule has 0 atom stereocenters. The van der Waals surface area contributed by atoms with E-state index in [1.54, 1.807) is 6.20 Å². The average molecular weight is 257 g/mol. The van der Waals surface area contributed by atoms with Crippen LogP contribution in [0.1, 0.15) is 28.8 Å². The summed E-state index contributed by atoms with van der Waals surface area (Å²) in [6, 6.07) is 7.64. The molecule has 4 heteroatoms. The minimum atomic E-state index is 0.0146. The summed E-state index contributed by atoms with van der Waals surface area (Å²) in [4.78, 5) is 15.9. The summed E-state index contributed by atoms with van der Waals surface area (Å²) in [7, 11) is 0. The molecule has 0 aliphatic heterocycles. The minimum Gasteiger partial charge on any atom is -0.352 e. The van der Waals surface area contributed by atoms with Gasteiger partial charge in [-0.25, -0.2) is 4.98 Å². The second-order valence-electron chi connectivity index (χ2n) is 4.58. The monoisotopic (exact) mass is 257 g/mol. The molecule has 1 aromatic heterocycles. The predicted octanol–water partition coefficient (Wildman–Crippen LogP) is 2.40. The van der Waals surface area contributed by atoms with E-state index in [1.807, 2.05) is 48.3 Å². The van der Waals surface area contributed by atoms with Gasteiger partial charge in [0.2, 0.25) is 0 Å². The number of aryl methyl sites for hydroxylation is 2. The van der Waals surface area contributed by atoms with Gasteiger partial charge in [-0.15, -0.1) is 0 Å². The Labute approximate surface area is 113 Å². The van der Waals surface area contributed by atoms with Crippen molar-refractivity contribution in [3.63, 3.8) is 0 Å². The molecule has 2 aromatic rings. The second kappa shape index (κ2) is 6.73. The van der Waals surface area contributed by atoms with Crippen molar-refractivity contribution in [2.45, 2.75) is 26.3 Å². The normalized spacial score (nSPS) is 10.4. The Morgan fingerprint density at radius 2 is 2.16 bits per heavy atom. The number of aromatic nitrogens is 2. The molecule has 0 fully saturated rings. The first-order valence-electron chi connectivity index (χ1n) is 6.57. The number of carbonyl (C=O) groups excluding carboxylic acids is 1. The van der Waals surface area contributed by atoms with Gasteiger partial charge >= 0.3 is 0 Å². The standard InChI is InChI=1S/C15H19N3O/c1-13-6-2-3-7-14(13)15(19)17-8-4-5-10-18-11-9-16-12-18/h2-3,6-7,9,11-12H,4-5,8,10H2,1H3,(H,17,19). The van der Waals surface area contributed by atoms with Crippen LogP contribution in [0, 0.1) is 6.92 Å². The number of rotatable bonds is 6. The maximum atomic E-state index is 11.9. The summed E-state index contributed by atoms with van der Waals surface area (Å²) in [6.07, 6.45) is 7.54. The zero-order valence-corrected chi connectivity index (χ0v) is 11.2. The van der Waals surface area contributed by atoms with Crippen molar-refractivity contribution in [2.75, 3.05) is 6.54 Å². The smallest absolute Gasteiger partial charge is 0.251 e. The third-order valence-corrected chi connectivity index (χ3v) is 3.08. The van der Waals surface area contributed by atoms with Crippen molar-refractivity contribution in [3.8, 4) is 0 Å². The Bertz CT molecular complexity index is 520. The molecule has 0 aliphatic carbocycles. The summed E-state index contributed by atoms with van der Waals surface area (Å²) in [5.41, 5.74) is 1.77. The molecule has 0 spiro atoms. The molecule has 1 aromatic carbocycles. The highest BCUT2D eigenvalue weighted by Gasteiger charge is 2.06. The lowest BCUT2D eigenvalue weighted by Crippen LogP contribution is -2.25. The summed E-state index contributed by atoms with van der Waals surface area (Å²) in [5.74, 6) is 0.0146. The quantitative estimate of drug-likeness (QED) is 0.808. The lowest BCUT2D eigenvalue weighted by Gasteiger charge is -2.07. The SMILES string of the molecule is Cc1ccccc1C(=O)NCCCCn1ccnc1. The van der Waals surface area contributed by atoms with Crippen LogP contribution in [-0.2, 0) is 6.54 Å². The van der Waals surface area contributed by atoms with E-state index in [4.69, 9.17) is 0 Å². The summed E-state index contributed by atoms with van der Waals surface area (Å²) >= 11 is 0. The molecule has 0 saturated carbocycles. The first-order valence-corrected chi connectivity index (χ1v) is 6.57. The molecule has 0 radical (unpaired) electrons. The van der Waals surface area contributed by atoms with E-state index >= 15 is 0 Å². The fourth-order valence-electron chi connectivity index (χ4n) is 1.96. The van der Waals surface area contributed by atoms with Gasteiger partial charge in [0.05, 0.1) is 6.33 Å². The van der Waals surface area contributed by atoms with Gasteiger partial charge < -0.3 is 9.88 Å². The molecule has 0 bridgehead atoms. The van der Waals surface area contributed by atoms with Crippen molar-refractivity contribution in [1.29, 1.82) is 0 Å². The molecule has 1 heterocycles. The van der Waals surface area contributed by atoms with Gasteiger partial charge in [-0.3, -0.25) is 4.79 Å². The van der Waals surface area contributed by atoms with E-state index in [-0.39, 0.29) is 5.91 Å². The van der Waals surface area contributed by atoms with E-state index in [9.17, 15) is 4.79 Å². The molecule has 0 aliphatic rings. The predicted molar refractivity (Wildman–Crippen MR) is 75.0 cm³/mol. The summed E-state index contributed by atoms with van der Waals surface area (Å²) in [5, 5.41) is 2.96. The van der Waals surface area contributed by atoms with Crippen LogP contribution in [0.15, 0.2) is 43.0 Å². The molecular weight excluding hydrogens is 238 g/mol. The van der Waals surface area contributed by atoms with Crippen molar-refractivity contribution < 1.29 is 4.79 Å². The Kier molecular flexibility index (Phi) is 4.72. The molecular formula is C15H19N3O. The fourth-order valence-corrected chi connectivity index (χ4v) is 1.96. The van der Waals surface area contributed by atoms with Gasteiger partial charge in [-0.1, -0.05) is 18.2 Å².